The number of amides is 3. The fraction of sp³-hybridized carbons (Fsp3) is 0.182. The van der Waals surface area contributed by atoms with Crippen LogP contribution in [0.15, 0.2) is 24.3 Å². The molecule has 6 nitrogen and oxygen atoms in total. The van der Waals surface area contributed by atoms with E-state index in [9.17, 15) is 27.6 Å². The second-order valence-corrected chi connectivity index (χ2v) is 3.79. The van der Waals surface area contributed by atoms with Crippen LogP contribution < -0.4 is 16.8 Å². The number of halogens is 3. The lowest BCUT2D eigenvalue weighted by atomic mass is 10.1. The highest BCUT2D eigenvalue weighted by Crippen LogP contribution is 2.29. The van der Waals surface area contributed by atoms with Crippen LogP contribution in [0.3, 0.4) is 0 Å². The minimum atomic E-state index is -4.62. The van der Waals surface area contributed by atoms with Gasteiger partial charge in [0.15, 0.2) is 6.04 Å². The first-order valence-electron chi connectivity index (χ1n) is 5.19. The summed E-state index contributed by atoms with van der Waals surface area (Å²) in [5.41, 5.74) is 8.23. The molecule has 0 spiro atoms. The lowest BCUT2D eigenvalue weighted by Gasteiger charge is -2.13. The number of nitrogens with one attached hydrogen (secondary N) is 1. The zero-order valence-electron chi connectivity index (χ0n) is 9.90. The first kappa shape index (κ1) is 15.5. The maximum Gasteiger partial charge on any atom is 0.416 e. The Bertz CT molecular complexity index is 543. The zero-order chi connectivity index (χ0) is 15.5. The van der Waals surface area contributed by atoms with Crippen molar-refractivity contribution < 1.29 is 27.6 Å². The zero-order valence-corrected chi connectivity index (χ0v) is 9.90. The number of nitrogens with two attached hydrogens (primary N) is 2. The van der Waals surface area contributed by atoms with Crippen molar-refractivity contribution in [3.8, 4) is 0 Å². The van der Waals surface area contributed by atoms with Gasteiger partial charge in [-0.15, -0.1) is 0 Å². The van der Waals surface area contributed by atoms with Crippen molar-refractivity contribution >= 4 is 17.7 Å². The molecule has 0 unspecified atom stereocenters. The third-order valence-corrected chi connectivity index (χ3v) is 2.30. The third-order valence-electron chi connectivity index (χ3n) is 2.30. The van der Waals surface area contributed by atoms with Crippen LogP contribution in [0, 0.1) is 0 Å². The fourth-order valence-electron chi connectivity index (χ4n) is 1.33. The van der Waals surface area contributed by atoms with Crippen molar-refractivity contribution in [1.29, 1.82) is 0 Å². The molecule has 0 radical (unpaired) electrons. The van der Waals surface area contributed by atoms with Gasteiger partial charge in [-0.05, 0) is 18.2 Å². The molecule has 108 valence electrons. The Morgan fingerprint density at radius 3 is 2.10 bits per heavy atom. The van der Waals surface area contributed by atoms with Gasteiger partial charge in [-0.3, -0.25) is 14.4 Å². The summed E-state index contributed by atoms with van der Waals surface area (Å²) in [5, 5.41) is 1.86. The molecule has 0 aliphatic carbocycles. The quantitative estimate of drug-likeness (QED) is 0.665. The number of carbonyl (C=O) groups is 3. The molecule has 20 heavy (non-hydrogen) atoms. The highest BCUT2D eigenvalue weighted by Gasteiger charge is 2.31. The van der Waals surface area contributed by atoms with Gasteiger partial charge in [0.2, 0.25) is 11.8 Å². The molecule has 0 atom stereocenters. The van der Waals surface area contributed by atoms with E-state index in [4.69, 9.17) is 11.5 Å². The van der Waals surface area contributed by atoms with Crippen LogP contribution in [0.4, 0.5) is 13.2 Å². The predicted molar refractivity (Wildman–Crippen MR) is 61.1 cm³/mol. The van der Waals surface area contributed by atoms with Crippen LogP contribution in [0.25, 0.3) is 0 Å². The van der Waals surface area contributed by atoms with E-state index in [2.05, 4.69) is 0 Å². The van der Waals surface area contributed by atoms with Gasteiger partial charge < -0.3 is 16.8 Å². The third kappa shape index (κ3) is 3.70. The first-order chi connectivity index (χ1) is 9.12. The van der Waals surface area contributed by atoms with Crippen molar-refractivity contribution in [2.45, 2.75) is 12.2 Å². The monoisotopic (exact) mass is 289 g/mol. The molecule has 0 aliphatic rings. The molecule has 1 aromatic carbocycles. The minimum absolute atomic E-state index is 0.382. The van der Waals surface area contributed by atoms with E-state index in [1.807, 2.05) is 5.32 Å². The summed E-state index contributed by atoms with van der Waals surface area (Å²) in [6, 6.07) is 1.66. The summed E-state index contributed by atoms with van der Waals surface area (Å²) in [6.07, 6.45) is -4.62. The summed E-state index contributed by atoms with van der Waals surface area (Å²) in [4.78, 5) is 33.4. The number of hydrogen-bond acceptors (Lipinski definition) is 3. The number of alkyl halides is 3. The molecule has 0 bridgehead atoms. The lowest BCUT2D eigenvalue weighted by Crippen LogP contribution is -2.52. The fourth-order valence-corrected chi connectivity index (χ4v) is 1.33. The average Bonchev–Trinajstić information content (AvgIpc) is 2.34. The summed E-state index contributed by atoms with van der Waals surface area (Å²) in [7, 11) is 0. The van der Waals surface area contributed by atoms with Crippen LogP contribution >= 0.6 is 0 Å². The molecule has 0 saturated heterocycles. The molecule has 9 heteroatoms. The molecule has 0 saturated carbocycles. The summed E-state index contributed by atoms with van der Waals surface area (Å²) in [6.45, 7) is 0. The van der Waals surface area contributed by atoms with Crippen molar-refractivity contribution in [1.82, 2.24) is 5.32 Å². The smallest absolute Gasteiger partial charge is 0.367 e. The lowest BCUT2D eigenvalue weighted by molar-refractivity contribution is -0.137. The Morgan fingerprint density at radius 1 is 1.10 bits per heavy atom. The van der Waals surface area contributed by atoms with Gasteiger partial charge in [0.25, 0.3) is 5.91 Å². The number of primary amides is 2. The van der Waals surface area contributed by atoms with Gasteiger partial charge in [-0.1, -0.05) is 6.07 Å². The van der Waals surface area contributed by atoms with E-state index in [1.165, 1.54) is 0 Å². The van der Waals surface area contributed by atoms with Gasteiger partial charge in [0, 0.05) is 5.56 Å². The summed E-state index contributed by atoms with van der Waals surface area (Å²) in [5.74, 6) is -3.49. The molecule has 0 fully saturated rings. The standard InChI is InChI=1S/C11H10F3N3O3/c12-11(13,14)6-3-1-2-5(4-6)10(20)17-7(8(15)18)9(16)19/h1-4,7H,(H2,15,18)(H2,16,19)(H,17,20). The molecule has 0 aromatic heterocycles. The molecule has 1 aromatic rings. The Kier molecular flexibility index (Phi) is 4.33. The Morgan fingerprint density at radius 2 is 1.65 bits per heavy atom. The van der Waals surface area contributed by atoms with Gasteiger partial charge >= 0.3 is 6.18 Å². The number of rotatable bonds is 4. The largest absolute Gasteiger partial charge is 0.416 e. The molecular formula is C11H10F3N3O3. The Labute approximate surface area is 110 Å². The summed E-state index contributed by atoms with van der Waals surface area (Å²) >= 11 is 0. The molecule has 1 rings (SSSR count). The number of carbonyl (C=O) groups excluding carboxylic acids is 3. The van der Waals surface area contributed by atoms with E-state index in [0.717, 1.165) is 18.2 Å². The highest BCUT2D eigenvalue weighted by molar-refractivity contribution is 6.08. The van der Waals surface area contributed by atoms with Crippen molar-refractivity contribution in [2.75, 3.05) is 0 Å². The SMILES string of the molecule is NC(=O)C(NC(=O)c1cccc(C(F)(F)F)c1)C(N)=O. The van der Waals surface area contributed by atoms with Crippen LogP contribution in [0.2, 0.25) is 0 Å². The Hall–Kier alpha value is -2.58. The highest BCUT2D eigenvalue weighted by atomic mass is 19.4. The van der Waals surface area contributed by atoms with Crippen LogP contribution in [0.1, 0.15) is 15.9 Å². The first-order valence-corrected chi connectivity index (χ1v) is 5.19. The van der Waals surface area contributed by atoms with Gasteiger partial charge in [0.05, 0.1) is 5.56 Å². The van der Waals surface area contributed by atoms with Crippen molar-refractivity contribution in [2.24, 2.45) is 11.5 Å². The van der Waals surface area contributed by atoms with Crippen LogP contribution in [-0.2, 0) is 15.8 Å². The summed E-state index contributed by atoms with van der Waals surface area (Å²) < 4.78 is 37.4. The van der Waals surface area contributed by atoms with E-state index < -0.39 is 35.5 Å². The number of hydrogen-bond donors (Lipinski definition) is 3. The van der Waals surface area contributed by atoms with E-state index >= 15 is 0 Å². The van der Waals surface area contributed by atoms with E-state index in [-0.39, 0.29) is 5.56 Å². The number of benzene rings is 1. The second kappa shape index (κ2) is 5.59. The van der Waals surface area contributed by atoms with Crippen molar-refractivity contribution in [3.63, 3.8) is 0 Å². The van der Waals surface area contributed by atoms with Crippen LogP contribution in [-0.4, -0.2) is 23.8 Å². The van der Waals surface area contributed by atoms with Gasteiger partial charge in [-0.25, -0.2) is 0 Å². The molecule has 0 aliphatic heterocycles. The second-order valence-electron chi connectivity index (χ2n) is 3.79. The molecule has 0 heterocycles. The minimum Gasteiger partial charge on any atom is -0.367 e. The van der Waals surface area contributed by atoms with Gasteiger partial charge in [0.1, 0.15) is 0 Å². The maximum atomic E-state index is 12.5. The van der Waals surface area contributed by atoms with E-state index in [0.29, 0.717) is 6.07 Å². The normalized spacial score (nSPS) is 11.2. The van der Waals surface area contributed by atoms with Crippen molar-refractivity contribution in [3.05, 3.63) is 35.4 Å². The molecular weight excluding hydrogens is 279 g/mol. The van der Waals surface area contributed by atoms with E-state index in [1.54, 1.807) is 0 Å². The topological polar surface area (TPSA) is 115 Å². The molecule has 3 amide bonds. The van der Waals surface area contributed by atoms with Gasteiger partial charge in [-0.2, -0.15) is 13.2 Å². The van der Waals surface area contributed by atoms with Crippen LogP contribution in [0.5, 0.6) is 0 Å². The molecule has 5 N–H and O–H groups in total. The Balaban J connectivity index is 2.98. The predicted octanol–water partition coefficient (Wildman–Crippen LogP) is -0.226. The average molecular weight is 289 g/mol. The maximum absolute atomic E-state index is 12.5.